The molecule has 1 N–H and O–H groups in total. The lowest BCUT2D eigenvalue weighted by Crippen LogP contribution is -2.22. The van der Waals surface area contributed by atoms with Crippen LogP contribution in [0.3, 0.4) is 0 Å². The molecular formula is C19H13N3O4S2. The first kappa shape index (κ1) is 19.5. The van der Waals surface area contributed by atoms with Crippen LogP contribution in [0, 0.1) is 10.1 Å². The van der Waals surface area contributed by atoms with E-state index in [1.807, 2.05) is 36.4 Å². The summed E-state index contributed by atoms with van der Waals surface area (Å²) in [5, 5.41) is 25.7. The Morgan fingerprint density at radius 2 is 1.96 bits per heavy atom. The van der Waals surface area contributed by atoms with Gasteiger partial charge in [0.1, 0.15) is 5.75 Å². The number of nitro groups is 1. The highest BCUT2D eigenvalue weighted by atomic mass is 32.2. The summed E-state index contributed by atoms with van der Waals surface area (Å²) >= 11 is 6.27. The number of aromatic hydroxyl groups is 1. The zero-order valence-corrected chi connectivity index (χ0v) is 15.9. The Balaban J connectivity index is 1.76. The molecule has 0 aromatic heterocycles. The van der Waals surface area contributed by atoms with Crippen LogP contribution in [-0.2, 0) is 4.79 Å². The lowest BCUT2D eigenvalue weighted by Gasteiger charge is -2.06. The number of carbonyl (C=O) groups excluding carboxylic acids is 1. The Kier molecular flexibility index (Phi) is 5.97. The number of non-ortho nitro benzene ring substituents is 1. The van der Waals surface area contributed by atoms with Crippen LogP contribution in [0.25, 0.3) is 6.08 Å². The summed E-state index contributed by atoms with van der Waals surface area (Å²) < 4.78 is 0.227. The van der Waals surface area contributed by atoms with Gasteiger partial charge in [-0.2, -0.15) is 10.1 Å². The summed E-state index contributed by atoms with van der Waals surface area (Å²) in [4.78, 5) is 23.1. The molecule has 2 aromatic carbocycles. The van der Waals surface area contributed by atoms with Gasteiger partial charge in [-0.1, -0.05) is 54.2 Å². The van der Waals surface area contributed by atoms with Gasteiger partial charge < -0.3 is 5.11 Å². The second-order valence-electron chi connectivity index (χ2n) is 5.53. The van der Waals surface area contributed by atoms with Gasteiger partial charge in [0.25, 0.3) is 11.6 Å². The second kappa shape index (κ2) is 8.59. The molecule has 1 heterocycles. The summed E-state index contributed by atoms with van der Waals surface area (Å²) in [5.74, 6) is -0.602. The number of hydrogen-bond acceptors (Lipinski definition) is 7. The Bertz CT molecular complexity index is 1030. The predicted octanol–water partition coefficient (Wildman–Crippen LogP) is 4.09. The number of nitro benzene ring substituents is 1. The van der Waals surface area contributed by atoms with E-state index in [0.29, 0.717) is 4.91 Å². The second-order valence-corrected chi connectivity index (χ2v) is 7.21. The number of rotatable bonds is 5. The number of hydrogen-bond donors (Lipinski definition) is 1. The van der Waals surface area contributed by atoms with Crippen molar-refractivity contribution in [3.05, 3.63) is 86.8 Å². The van der Waals surface area contributed by atoms with Crippen molar-refractivity contribution in [3.63, 3.8) is 0 Å². The van der Waals surface area contributed by atoms with Crippen LogP contribution in [0.2, 0.25) is 0 Å². The average Bonchev–Trinajstić information content (AvgIpc) is 2.95. The number of phenolic OH excluding ortho intramolecular Hbond substituents is 1. The first-order valence-electron chi connectivity index (χ1n) is 7.97. The van der Waals surface area contributed by atoms with E-state index < -0.39 is 10.8 Å². The molecule has 0 bridgehead atoms. The molecule has 1 fully saturated rings. The molecule has 0 unspecified atom stereocenters. The highest BCUT2D eigenvalue weighted by molar-refractivity contribution is 8.26. The summed E-state index contributed by atoms with van der Waals surface area (Å²) in [7, 11) is 0. The first-order valence-corrected chi connectivity index (χ1v) is 9.19. The number of benzene rings is 2. The van der Waals surface area contributed by atoms with Crippen LogP contribution in [0.4, 0.5) is 5.69 Å². The molecule has 0 radical (unpaired) electrons. The molecule has 28 heavy (non-hydrogen) atoms. The third-order valence-corrected chi connectivity index (χ3v) is 4.94. The Labute approximate surface area is 169 Å². The maximum Gasteiger partial charge on any atom is 0.286 e. The van der Waals surface area contributed by atoms with Crippen LogP contribution < -0.4 is 0 Å². The third-order valence-electron chi connectivity index (χ3n) is 3.64. The number of thiocarbonyl (C=S) groups is 1. The molecule has 7 nitrogen and oxygen atoms in total. The summed E-state index contributed by atoms with van der Waals surface area (Å²) in [5.41, 5.74) is 0.903. The number of carbonyl (C=O) groups is 1. The van der Waals surface area contributed by atoms with Gasteiger partial charge in [-0.3, -0.25) is 14.9 Å². The lowest BCUT2D eigenvalue weighted by atomic mass is 10.2. The third kappa shape index (κ3) is 4.51. The number of hydrazone groups is 1. The van der Waals surface area contributed by atoms with Gasteiger partial charge in [-0.15, -0.1) is 0 Å². The maximum atomic E-state index is 12.5. The molecule has 0 aliphatic carbocycles. The Morgan fingerprint density at radius 1 is 1.21 bits per heavy atom. The van der Waals surface area contributed by atoms with E-state index in [4.69, 9.17) is 12.2 Å². The molecule has 1 saturated heterocycles. The minimum atomic E-state index is -0.585. The van der Waals surface area contributed by atoms with Gasteiger partial charge in [0.15, 0.2) is 4.32 Å². The monoisotopic (exact) mass is 411 g/mol. The highest BCUT2D eigenvalue weighted by Crippen LogP contribution is 2.31. The van der Waals surface area contributed by atoms with E-state index in [2.05, 4.69) is 5.10 Å². The van der Waals surface area contributed by atoms with Crippen LogP contribution in [0.15, 0.2) is 70.7 Å². The van der Waals surface area contributed by atoms with Gasteiger partial charge in [0.05, 0.1) is 16.0 Å². The number of thioether (sulfide) groups is 1. The molecule has 1 aliphatic heterocycles. The smallest absolute Gasteiger partial charge is 0.286 e. The molecule has 0 atom stereocenters. The Hall–Kier alpha value is -3.30. The summed E-state index contributed by atoms with van der Waals surface area (Å²) in [6, 6.07) is 13.1. The van der Waals surface area contributed by atoms with Crippen molar-refractivity contribution >= 4 is 52.2 Å². The number of allylic oxidation sites excluding steroid dienone is 2. The molecule has 2 aromatic rings. The number of amides is 1. The molecule has 140 valence electrons. The van der Waals surface area contributed by atoms with E-state index in [1.165, 1.54) is 12.1 Å². The predicted molar refractivity (Wildman–Crippen MR) is 113 cm³/mol. The Morgan fingerprint density at radius 3 is 2.68 bits per heavy atom. The van der Waals surface area contributed by atoms with Crippen molar-refractivity contribution in [2.75, 3.05) is 0 Å². The molecule has 9 heteroatoms. The lowest BCUT2D eigenvalue weighted by molar-refractivity contribution is -0.384. The molecule has 3 rings (SSSR count). The van der Waals surface area contributed by atoms with E-state index in [0.717, 1.165) is 34.6 Å². The summed E-state index contributed by atoms with van der Waals surface area (Å²) in [6.45, 7) is 0. The van der Waals surface area contributed by atoms with Crippen LogP contribution in [-0.4, -0.2) is 31.5 Å². The van der Waals surface area contributed by atoms with Crippen molar-refractivity contribution in [2.45, 2.75) is 0 Å². The molecule has 1 amide bonds. The van der Waals surface area contributed by atoms with Crippen LogP contribution in [0.1, 0.15) is 11.1 Å². The zero-order valence-electron chi connectivity index (χ0n) is 14.3. The van der Waals surface area contributed by atoms with Crippen molar-refractivity contribution < 1.29 is 14.8 Å². The molecule has 0 spiro atoms. The van der Waals surface area contributed by atoms with Gasteiger partial charge >= 0.3 is 0 Å². The SMILES string of the molecule is O=C1/C(=C/C=C/c2ccccc2)SC(=S)N1/N=C/c1cc([N+](=O)[O-])ccc1O. The molecule has 0 saturated carbocycles. The minimum Gasteiger partial charge on any atom is -0.507 e. The normalized spacial score (nSPS) is 16.0. The fourth-order valence-corrected chi connectivity index (χ4v) is 3.39. The highest BCUT2D eigenvalue weighted by Gasteiger charge is 2.31. The van der Waals surface area contributed by atoms with E-state index in [9.17, 15) is 20.0 Å². The van der Waals surface area contributed by atoms with Crippen molar-refractivity contribution in [2.24, 2.45) is 5.10 Å². The maximum absolute atomic E-state index is 12.5. The van der Waals surface area contributed by atoms with Gasteiger partial charge in [-0.05, 0) is 29.9 Å². The number of phenols is 1. The molecular weight excluding hydrogens is 398 g/mol. The van der Waals surface area contributed by atoms with Crippen LogP contribution >= 0.6 is 24.0 Å². The summed E-state index contributed by atoms with van der Waals surface area (Å²) in [6.07, 6.45) is 6.41. The van der Waals surface area contributed by atoms with Crippen molar-refractivity contribution in [1.82, 2.24) is 5.01 Å². The van der Waals surface area contributed by atoms with Gasteiger partial charge in [0.2, 0.25) is 0 Å². The average molecular weight is 411 g/mol. The van der Waals surface area contributed by atoms with Gasteiger partial charge in [0, 0.05) is 17.7 Å². The van der Waals surface area contributed by atoms with Crippen molar-refractivity contribution in [1.29, 1.82) is 0 Å². The minimum absolute atomic E-state index is 0.108. The van der Waals surface area contributed by atoms with E-state index in [-0.39, 0.29) is 21.3 Å². The topological polar surface area (TPSA) is 96.0 Å². The van der Waals surface area contributed by atoms with Crippen LogP contribution in [0.5, 0.6) is 5.75 Å². The first-order chi connectivity index (χ1) is 13.5. The van der Waals surface area contributed by atoms with E-state index >= 15 is 0 Å². The quantitative estimate of drug-likeness (QED) is 0.262. The van der Waals surface area contributed by atoms with Crippen molar-refractivity contribution in [3.8, 4) is 5.75 Å². The standard InChI is InChI=1S/C19H13N3O4S2/c23-16-10-9-15(22(25)26)11-14(16)12-20-21-18(24)17(28-19(21)27)8-4-7-13-5-2-1-3-6-13/h1-12,23H/b7-4+,17-8-,20-12+. The number of nitrogens with zero attached hydrogens (tertiary/aromatic N) is 3. The fourth-order valence-electron chi connectivity index (χ4n) is 2.26. The largest absolute Gasteiger partial charge is 0.507 e. The fraction of sp³-hybridized carbons (Fsp3) is 0. The van der Waals surface area contributed by atoms with Gasteiger partial charge in [-0.25, -0.2) is 0 Å². The molecule has 1 aliphatic rings. The van der Waals surface area contributed by atoms with E-state index in [1.54, 1.807) is 12.2 Å². The zero-order chi connectivity index (χ0) is 20.1.